The molecule has 1 aromatic carbocycles. The van der Waals surface area contributed by atoms with E-state index in [9.17, 15) is 18.0 Å². The lowest BCUT2D eigenvalue weighted by molar-refractivity contribution is -0.137. The van der Waals surface area contributed by atoms with E-state index >= 15 is 0 Å². The molecule has 9 heteroatoms. The van der Waals surface area contributed by atoms with Gasteiger partial charge in [0.2, 0.25) is 5.95 Å². The van der Waals surface area contributed by atoms with Crippen LogP contribution in [0, 0.1) is 0 Å². The molecule has 0 saturated carbocycles. The van der Waals surface area contributed by atoms with Crippen molar-refractivity contribution in [3.8, 4) is 0 Å². The van der Waals surface area contributed by atoms with Gasteiger partial charge in [-0.3, -0.25) is 10.1 Å². The average molecular weight is 381 g/mol. The van der Waals surface area contributed by atoms with Gasteiger partial charge in [-0.05, 0) is 40.2 Å². The lowest BCUT2D eigenvalue weighted by atomic mass is 10.1. The molecule has 1 amide bonds. The van der Waals surface area contributed by atoms with Crippen molar-refractivity contribution in [1.29, 1.82) is 0 Å². The Morgan fingerprint density at radius 1 is 1.29 bits per heavy atom. The summed E-state index contributed by atoms with van der Waals surface area (Å²) in [6, 6.07) is 4.16. The summed E-state index contributed by atoms with van der Waals surface area (Å²) < 4.78 is 38.2. The van der Waals surface area contributed by atoms with Gasteiger partial charge in [0.1, 0.15) is 5.15 Å². The van der Waals surface area contributed by atoms with E-state index in [0.717, 1.165) is 18.2 Å². The number of alkyl halides is 3. The molecule has 0 radical (unpaired) electrons. The van der Waals surface area contributed by atoms with Gasteiger partial charge in [0.25, 0.3) is 5.91 Å². The Labute approximate surface area is 130 Å². The summed E-state index contributed by atoms with van der Waals surface area (Å²) in [5.74, 6) is -0.882. The Kier molecular flexibility index (Phi) is 4.48. The number of nitrogens with one attached hydrogen (secondary N) is 1. The molecule has 0 spiro atoms. The number of rotatable bonds is 2. The highest BCUT2D eigenvalue weighted by atomic mass is 79.9. The predicted octanol–water partition coefficient (Wildman–Crippen LogP) is 4.16. The number of hydrogen-bond donors (Lipinski definition) is 1. The third-order valence-electron chi connectivity index (χ3n) is 2.39. The van der Waals surface area contributed by atoms with Gasteiger partial charge in [0.05, 0.1) is 11.1 Å². The summed E-state index contributed by atoms with van der Waals surface area (Å²) in [6.45, 7) is 0. The van der Waals surface area contributed by atoms with E-state index in [2.05, 4.69) is 31.2 Å². The van der Waals surface area contributed by atoms with Crippen molar-refractivity contribution < 1.29 is 18.0 Å². The average Bonchev–Trinajstić information content (AvgIpc) is 2.37. The van der Waals surface area contributed by atoms with Crippen LogP contribution in [0.5, 0.6) is 0 Å². The number of nitrogens with zero attached hydrogens (tertiary/aromatic N) is 2. The van der Waals surface area contributed by atoms with E-state index in [1.807, 2.05) is 0 Å². The van der Waals surface area contributed by atoms with Crippen molar-refractivity contribution in [2.24, 2.45) is 0 Å². The minimum absolute atomic E-state index is 0.100. The zero-order valence-electron chi connectivity index (χ0n) is 10.1. The fraction of sp³-hybridized carbons (Fsp3) is 0.0833. The van der Waals surface area contributed by atoms with Crippen molar-refractivity contribution in [2.75, 3.05) is 5.32 Å². The van der Waals surface area contributed by atoms with Crippen LogP contribution < -0.4 is 5.32 Å². The minimum atomic E-state index is -4.54. The van der Waals surface area contributed by atoms with Gasteiger partial charge in [-0.1, -0.05) is 11.6 Å². The summed E-state index contributed by atoms with van der Waals surface area (Å²) in [6.07, 6.45) is -3.23. The number of hydrogen-bond acceptors (Lipinski definition) is 3. The smallest absolute Gasteiger partial charge is 0.290 e. The van der Waals surface area contributed by atoms with E-state index in [4.69, 9.17) is 11.6 Å². The highest BCUT2D eigenvalue weighted by Gasteiger charge is 2.31. The molecule has 0 aliphatic rings. The maximum absolute atomic E-state index is 12.7. The molecular weight excluding hydrogens is 375 g/mol. The zero-order valence-corrected chi connectivity index (χ0v) is 12.4. The molecule has 1 N–H and O–H groups in total. The molecule has 1 aromatic heterocycles. The van der Waals surface area contributed by atoms with Crippen molar-refractivity contribution >= 4 is 39.4 Å². The summed E-state index contributed by atoms with van der Waals surface area (Å²) in [5, 5.41) is 2.38. The first kappa shape index (κ1) is 15.7. The van der Waals surface area contributed by atoms with E-state index < -0.39 is 17.6 Å². The fourth-order valence-electron chi connectivity index (χ4n) is 1.44. The molecule has 0 atom stereocenters. The van der Waals surface area contributed by atoms with E-state index in [1.54, 1.807) is 0 Å². The second-order valence-electron chi connectivity index (χ2n) is 3.85. The highest BCUT2D eigenvalue weighted by Crippen LogP contribution is 2.32. The molecule has 2 rings (SSSR count). The number of carbonyl (C=O) groups is 1. The number of anilines is 1. The SMILES string of the molecule is O=C(Nc1nccc(Cl)n1)c1cc(C(F)(F)F)ccc1Br. The van der Waals surface area contributed by atoms with E-state index in [-0.39, 0.29) is 21.1 Å². The first-order valence-corrected chi connectivity index (χ1v) is 6.61. The Morgan fingerprint density at radius 3 is 2.62 bits per heavy atom. The number of halogens is 5. The van der Waals surface area contributed by atoms with Crippen molar-refractivity contribution in [3.63, 3.8) is 0 Å². The van der Waals surface area contributed by atoms with Gasteiger partial charge >= 0.3 is 6.18 Å². The van der Waals surface area contributed by atoms with Crippen molar-refractivity contribution in [1.82, 2.24) is 9.97 Å². The van der Waals surface area contributed by atoms with Gasteiger partial charge in [0, 0.05) is 10.7 Å². The van der Waals surface area contributed by atoms with Crippen LogP contribution in [0.3, 0.4) is 0 Å². The van der Waals surface area contributed by atoms with Gasteiger partial charge in [0.15, 0.2) is 0 Å². The van der Waals surface area contributed by atoms with Crippen LogP contribution in [-0.4, -0.2) is 15.9 Å². The number of carbonyl (C=O) groups excluding carboxylic acids is 1. The molecule has 0 saturated heterocycles. The van der Waals surface area contributed by atoms with Crippen LogP contribution in [0.25, 0.3) is 0 Å². The lowest BCUT2D eigenvalue weighted by Gasteiger charge is -2.10. The van der Waals surface area contributed by atoms with Crippen LogP contribution in [-0.2, 0) is 6.18 Å². The third-order valence-corrected chi connectivity index (χ3v) is 3.29. The molecular formula is C12H6BrClF3N3O. The molecule has 0 aliphatic heterocycles. The van der Waals surface area contributed by atoms with Gasteiger partial charge < -0.3 is 0 Å². The van der Waals surface area contributed by atoms with Crippen LogP contribution in [0.15, 0.2) is 34.9 Å². The largest absolute Gasteiger partial charge is 0.416 e. The van der Waals surface area contributed by atoms with Crippen molar-refractivity contribution in [3.05, 3.63) is 51.2 Å². The highest BCUT2D eigenvalue weighted by molar-refractivity contribution is 9.10. The maximum atomic E-state index is 12.7. The van der Waals surface area contributed by atoms with Gasteiger partial charge in [-0.15, -0.1) is 0 Å². The van der Waals surface area contributed by atoms with Crippen LogP contribution >= 0.6 is 27.5 Å². The monoisotopic (exact) mass is 379 g/mol. The Balaban J connectivity index is 2.31. The third kappa shape index (κ3) is 3.92. The fourth-order valence-corrected chi connectivity index (χ4v) is 2.00. The predicted molar refractivity (Wildman–Crippen MR) is 74.1 cm³/mol. The maximum Gasteiger partial charge on any atom is 0.416 e. The normalized spacial score (nSPS) is 11.3. The number of benzene rings is 1. The Bertz CT molecular complexity index is 694. The molecule has 4 nitrogen and oxygen atoms in total. The molecule has 1 heterocycles. The van der Waals surface area contributed by atoms with E-state index in [0.29, 0.717) is 0 Å². The van der Waals surface area contributed by atoms with Gasteiger partial charge in [-0.25, -0.2) is 9.97 Å². The zero-order chi connectivity index (χ0) is 15.6. The first-order valence-electron chi connectivity index (χ1n) is 5.44. The second kappa shape index (κ2) is 5.98. The summed E-state index contributed by atoms with van der Waals surface area (Å²) in [4.78, 5) is 19.5. The molecule has 0 unspecified atom stereocenters. The van der Waals surface area contributed by atoms with Crippen LogP contribution in [0.1, 0.15) is 15.9 Å². The van der Waals surface area contributed by atoms with Gasteiger partial charge in [-0.2, -0.15) is 13.2 Å². The molecule has 0 aliphatic carbocycles. The molecule has 2 aromatic rings. The lowest BCUT2D eigenvalue weighted by Crippen LogP contribution is -2.16. The van der Waals surface area contributed by atoms with Crippen LogP contribution in [0.4, 0.5) is 19.1 Å². The standard InChI is InChI=1S/C12H6BrClF3N3O/c13-8-2-1-6(12(15,16)17)5-7(8)10(21)20-11-18-4-3-9(14)19-11/h1-5H,(H,18,19,20,21). The second-order valence-corrected chi connectivity index (χ2v) is 5.09. The van der Waals surface area contributed by atoms with E-state index in [1.165, 1.54) is 12.3 Å². The Morgan fingerprint density at radius 2 is 2.00 bits per heavy atom. The quantitative estimate of drug-likeness (QED) is 0.796. The minimum Gasteiger partial charge on any atom is -0.290 e. The Hall–Kier alpha value is -1.67. The van der Waals surface area contributed by atoms with Crippen molar-refractivity contribution in [2.45, 2.75) is 6.18 Å². The summed E-state index contributed by atoms with van der Waals surface area (Å²) >= 11 is 8.66. The number of amides is 1. The molecule has 110 valence electrons. The van der Waals surface area contributed by atoms with Crippen LogP contribution in [0.2, 0.25) is 5.15 Å². The molecule has 21 heavy (non-hydrogen) atoms. The number of aromatic nitrogens is 2. The molecule has 0 bridgehead atoms. The summed E-state index contributed by atoms with van der Waals surface area (Å²) in [7, 11) is 0. The topological polar surface area (TPSA) is 54.9 Å². The molecule has 0 fully saturated rings. The first-order chi connectivity index (χ1) is 9.77. The summed E-state index contributed by atoms with van der Waals surface area (Å²) in [5.41, 5.74) is -1.11.